The molecule has 1 fully saturated rings. The van der Waals surface area contributed by atoms with Crippen LogP contribution in [-0.4, -0.2) is 53.1 Å². The van der Waals surface area contributed by atoms with Crippen LogP contribution < -0.4 is 5.32 Å². The van der Waals surface area contributed by atoms with E-state index in [2.05, 4.69) is 15.3 Å². The molecule has 0 aliphatic carbocycles. The molecule has 2 rings (SSSR count). The van der Waals surface area contributed by atoms with E-state index >= 15 is 0 Å². The summed E-state index contributed by atoms with van der Waals surface area (Å²) in [5.41, 5.74) is 0.248. The lowest BCUT2D eigenvalue weighted by Gasteiger charge is -2.29. The zero-order valence-corrected chi connectivity index (χ0v) is 10.7. The Morgan fingerprint density at radius 2 is 2.21 bits per heavy atom. The number of nitrogens with zero attached hydrogens (tertiary/aromatic N) is 4. The van der Waals surface area contributed by atoms with Gasteiger partial charge in [0.1, 0.15) is 17.9 Å². The van der Waals surface area contributed by atoms with Crippen molar-refractivity contribution in [3.05, 3.63) is 18.1 Å². The molecule has 19 heavy (non-hydrogen) atoms. The second kappa shape index (κ2) is 6.11. The van der Waals surface area contributed by atoms with Crippen molar-refractivity contribution in [3.8, 4) is 6.07 Å². The lowest BCUT2D eigenvalue weighted by molar-refractivity contribution is -0.135. The maximum atomic E-state index is 12.1. The summed E-state index contributed by atoms with van der Waals surface area (Å²) in [6, 6.07) is 1.50. The molecule has 1 aliphatic heterocycles. The van der Waals surface area contributed by atoms with Gasteiger partial charge in [0.2, 0.25) is 5.91 Å². The first-order chi connectivity index (χ1) is 9.20. The minimum Gasteiger partial charge on any atom is -0.378 e. The zero-order valence-electron chi connectivity index (χ0n) is 10.7. The Hall–Kier alpha value is -2.20. The number of anilines is 1. The van der Waals surface area contributed by atoms with Crippen LogP contribution >= 0.6 is 0 Å². The lowest BCUT2D eigenvalue weighted by Crippen LogP contribution is -2.47. The van der Waals surface area contributed by atoms with E-state index in [0.29, 0.717) is 32.1 Å². The monoisotopic (exact) mass is 261 g/mol. The SMILES string of the molecule is CC(Nc1cnc(C#N)cn1)C(=O)N1CCOCC1. The smallest absolute Gasteiger partial charge is 0.244 e. The molecule has 1 atom stereocenters. The largest absolute Gasteiger partial charge is 0.378 e. The highest BCUT2D eigenvalue weighted by atomic mass is 16.5. The summed E-state index contributed by atoms with van der Waals surface area (Å²) in [4.78, 5) is 21.8. The van der Waals surface area contributed by atoms with Gasteiger partial charge in [0, 0.05) is 13.1 Å². The van der Waals surface area contributed by atoms with Crippen molar-refractivity contribution in [2.75, 3.05) is 31.6 Å². The summed E-state index contributed by atoms with van der Waals surface area (Å²) >= 11 is 0. The minimum absolute atomic E-state index is 0.00876. The first-order valence-corrected chi connectivity index (χ1v) is 6.06. The maximum Gasteiger partial charge on any atom is 0.244 e. The number of ether oxygens (including phenoxy) is 1. The van der Waals surface area contributed by atoms with E-state index in [4.69, 9.17) is 10.00 Å². The molecular weight excluding hydrogens is 246 g/mol. The van der Waals surface area contributed by atoms with Crippen LogP contribution in [0.5, 0.6) is 0 Å². The van der Waals surface area contributed by atoms with Gasteiger partial charge in [-0.15, -0.1) is 0 Å². The molecule has 1 unspecified atom stereocenters. The van der Waals surface area contributed by atoms with Crippen molar-refractivity contribution in [2.24, 2.45) is 0 Å². The van der Waals surface area contributed by atoms with E-state index in [-0.39, 0.29) is 17.6 Å². The van der Waals surface area contributed by atoms with Gasteiger partial charge in [0.25, 0.3) is 0 Å². The van der Waals surface area contributed by atoms with Crippen molar-refractivity contribution in [1.29, 1.82) is 5.26 Å². The van der Waals surface area contributed by atoms with E-state index in [0.717, 1.165) is 0 Å². The van der Waals surface area contributed by atoms with Crippen LogP contribution in [0.25, 0.3) is 0 Å². The quantitative estimate of drug-likeness (QED) is 0.824. The molecule has 7 nitrogen and oxygen atoms in total. The number of carbonyl (C=O) groups excluding carboxylic acids is 1. The van der Waals surface area contributed by atoms with Gasteiger partial charge in [-0.25, -0.2) is 9.97 Å². The van der Waals surface area contributed by atoms with Crippen molar-refractivity contribution < 1.29 is 9.53 Å². The summed E-state index contributed by atoms with van der Waals surface area (Å²) in [6.45, 7) is 4.16. The summed E-state index contributed by atoms with van der Waals surface area (Å²) in [5, 5.41) is 11.6. The molecule has 2 heterocycles. The van der Waals surface area contributed by atoms with Gasteiger partial charge < -0.3 is 15.0 Å². The van der Waals surface area contributed by atoms with E-state index in [1.807, 2.05) is 6.07 Å². The van der Waals surface area contributed by atoms with Crippen LogP contribution in [0.2, 0.25) is 0 Å². The highest BCUT2D eigenvalue weighted by molar-refractivity contribution is 5.84. The van der Waals surface area contributed by atoms with E-state index in [1.54, 1.807) is 11.8 Å². The van der Waals surface area contributed by atoms with Gasteiger partial charge in [0.05, 0.1) is 25.6 Å². The number of morpholine rings is 1. The number of hydrogen-bond acceptors (Lipinski definition) is 6. The number of amides is 1. The fourth-order valence-corrected chi connectivity index (χ4v) is 1.80. The van der Waals surface area contributed by atoms with Gasteiger partial charge in [-0.1, -0.05) is 0 Å². The summed E-state index contributed by atoms with van der Waals surface area (Å²) in [7, 11) is 0. The average Bonchev–Trinajstić information content (AvgIpc) is 2.48. The number of hydrogen-bond donors (Lipinski definition) is 1. The maximum absolute atomic E-state index is 12.1. The molecule has 1 aromatic heterocycles. The molecule has 0 saturated carbocycles. The van der Waals surface area contributed by atoms with Crippen LogP contribution in [-0.2, 0) is 9.53 Å². The Balaban J connectivity index is 1.93. The second-order valence-electron chi connectivity index (χ2n) is 4.20. The van der Waals surface area contributed by atoms with Crippen molar-refractivity contribution in [3.63, 3.8) is 0 Å². The van der Waals surface area contributed by atoms with Gasteiger partial charge in [-0.3, -0.25) is 4.79 Å². The summed E-state index contributed by atoms with van der Waals surface area (Å²) in [5.74, 6) is 0.488. The molecule has 1 saturated heterocycles. The number of rotatable bonds is 3. The number of nitrogens with one attached hydrogen (secondary N) is 1. The molecule has 1 amide bonds. The van der Waals surface area contributed by atoms with Crippen molar-refractivity contribution in [1.82, 2.24) is 14.9 Å². The van der Waals surface area contributed by atoms with E-state index in [9.17, 15) is 4.79 Å². The molecular formula is C12H15N5O2. The Morgan fingerprint density at radius 3 is 2.79 bits per heavy atom. The Kier molecular flexibility index (Phi) is 4.26. The number of nitriles is 1. The van der Waals surface area contributed by atoms with Crippen LogP contribution in [0, 0.1) is 11.3 Å². The third-order valence-corrected chi connectivity index (χ3v) is 2.82. The fourth-order valence-electron chi connectivity index (χ4n) is 1.80. The molecule has 100 valence electrons. The zero-order chi connectivity index (χ0) is 13.7. The Morgan fingerprint density at radius 1 is 1.47 bits per heavy atom. The first-order valence-electron chi connectivity index (χ1n) is 6.06. The molecule has 1 N–H and O–H groups in total. The molecule has 0 radical (unpaired) electrons. The molecule has 1 aromatic rings. The number of aromatic nitrogens is 2. The minimum atomic E-state index is -0.389. The topological polar surface area (TPSA) is 91.1 Å². The van der Waals surface area contributed by atoms with Crippen LogP contribution in [0.4, 0.5) is 5.82 Å². The summed E-state index contributed by atoms with van der Waals surface area (Å²) < 4.78 is 5.21. The summed E-state index contributed by atoms with van der Waals surface area (Å²) in [6.07, 6.45) is 2.82. The predicted octanol–water partition coefficient (Wildman–Crippen LogP) is 0.00748. The lowest BCUT2D eigenvalue weighted by atomic mass is 10.2. The molecule has 1 aliphatic rings. The average molecular weight is 261 g/mol. The number of carbonyl (C=O) groups is 1. The highest BCUT2D eigenvalue weighted by Crippen LogP contribution is 2.06. The molecule has 0 spiro atoms. The van der Waals surface area contributed by atoms with Crippen molar-refractivity contribution >= 4 is 11.7 Å². The van der Waals surface area contributed by atoms with Crippen LogP contribution in [0.1, 0.15) is 12.6 Å². The highest BCUT2D eigenvalue weighted by Gasteiger charge is 2.22. The van der Waals surface area contributed by atoms with Gasteiger partial charge in [-0.05, 0) is 6.92 Å². The van der Waals surface area contributed by atoms with Gasteiger partial charge >= 0.3 is 0 Å². The van der Waals surface area contributed by atoms with Crippen molar-refractivity contribution in [2.45, 2.75) is 13.0 Å². The van der Waals surface area contributed by atoms with Gasteiger partial charge in [0.15, 0.2) is 5.69 Å². The second-order valence-corrected chi connectivity index (χ2v) is 4.20. The third-order valence-electron chi connectivity index (χ3n) is 2.82. The standard InChI is InChI=1S/C12H15N5O2/c1-9(12(18)17-2-4-19-5-3-17)16-11-8-14-10(6-13)7-15-11/h7-9H,2-5H2,1H3,(H,15,16). The normalized spacial score (nSPS) is 16.5. The first kappa shape index (κ1) is 13.2. The fraction of sp³-hybridized carbons (Fsp3) is 0.500. The Labute approximate surface area is 111 Å². The molecule has 0 bridgehead atoms. The van der Waals surface area contributed by atoms with Crippen LogP contribution in [0.15, 0.2) is 12.4 Å². The molecule has 0 aromatic carbocycles. The van der Waals surface area contributed by atoms with E-state index in [1.165, 1.54) is 12.4 Å². The van der Waals surface area contributed by atoms with Gasteiger partial charge in [-0.2, -0.15) is 5.26 Å². The van der Waals surface area contributed by atoms with Crippen LogP contribution in [0.3, 0.4) is 0 Å². The van der Waals surface area contributed by atoms with E-state index < -0.39 is 0 Å². The Bertz CT molecular complexity index is 476. The third kappa shape index (κ3) is 3.39. The predicted molar refractivity (Wildman–Crippen MR) is 67.2 cm³/mol. The molecule has 7 heteroatoms.